The number of rotatable bonds is 3. The standard InChI is InChI=1S/C17H14BrFN2O3S/c18-14-5-4-12(24-14)16(22)21-8-6-10(7-9-21)23-17-20-15-11(19)2-1-3-13(15)25-17/h1-5,10H,6-9H2. The summed E-state index contributed by atoms with van der Waals surface area (Å²) in [5.74, 6) is -0.132. The molecule has 1 aromatic carbocycles. The fourth-order valence-electron chi connectivity index (χ4n) is 2.85. The highest BCUT2D eigenvalue weighted by molar-refractivity contribution is 9.10. The number of fused-ring (bicyclic) bond motifs is 1. The summed E-state index contributed by atoms with van der Waals surface area (Å²) in [6.07, 6.45) is 1.37. The molecule has 0 aliphatic carbocycles. The minimum Gasteiger partial charge on any atom is -0.467 e. The first kappa shape index (κ1) is 16.5. The van der Waals surface area contributed by atoms with Crippen LogP contribution in [-0.2, 0) is 0 Å². The molecule has 3 heterocycles. The van der Waals surface area contributed by atoms with Crippen LogP contribution < -0.4 is 4.74 Å². The molecule has 25 heavy (non-hydrogen) atoms. The molecule has 1 aliphatic heterocycles. The number of likely N-dealkylation sites (tertiary alicyclic amines) is 1. The molecular formula is C17H14BrFN2O3S. The Bertz CT molecular complexity index is 918. The fraction of sp³-hybridized carbons (Fsp3) is 0.294. The van der Waals surface area contributed by atoms with Gasteiger partial charge < -0.3 is 14.1 Å². The lowest BCUT2D eigenvalue weighted by Crippen LogP contribution is -2.41. The summed E-state index contributed by atoms with van der Waals surface area (Å²) in [5.41, 5.74) is 0.346. The molecule has 0 atom stereocenters. The molecule has 1 aliphatic rings. The van der Waals surface area contributed by atoms with Crippen LogP contribution in [0.3, 0.4) is 0 Å². The van der Waals surface area contributed by atoms with Gasteiger partial charge >= 0.3 is 0 Å². The quantitative estimate of drug-likeness (QED) is 0.621. The number of hydrogen-bond donors (Lipinski definition) is 0. The zero-order valence-electron chi connectivity index (χ0n) is 13.1. The molecule has 1 fully saturated rings. The molecule has 0 bridgehead atoms. The van der Waals surface area contributed by atoms with Gasteiger partial charge in [0, 0.05) is 25.9 Å². The summed E-state index contributed by atoms with van der Waals surface area (Å²) in [5, 5.41) is 0.472. The van der Waals surface area contributed by atoms with Crippen molar-refractivity contribution < 1.29 is 18.3 Å². The number of thiazole rings is 1. The number of nitrogens with zero attached hydrogens (tertiary/aromatic N) is 2. The van der Waals surface area contributed by atoms with Crippen molar-refractivity contribution in [2.75, 3.05) is 13.1 Å². The van der Waals surface area contributed by atoms with Gasteiger partial charge in [0.05, 0.1) is 4.70 Å². The number of ether oxygens (including phenoxy) is 1. The summed E-state index contributed by atoms with van der Waals surface area (Å²) < 4.78 is 26.2. The van der Waals surface area contributed by atoms with Gasteiger partial charge in [0.15, 0.2) is 10.4 Å². The molecular weight excluding hydrogens is 411 g/mol. The molecule has 130 valence electrons. The number of hydrogen-bond acceptors (Lipinski definition) is 5. The second-order valence-corrected chi connectivity index (χ2v) is 7.55. The van der Waals surface area contributed by atoms with E-state index in [0.29, 0.717) is 47.1 Å². The van der Waals surface area contributed by atoms with Crippen molar-refractivity contribution in [2.24, 2.45) is 0 Å². The highest BCUT2D eigenvalue weighted by Crippen LogP contribution is 2.31. The van der Waals surface area contributed by atoms with Crippen LogP contribution >= 0.6 is 27.3 Å². The Balaban J connectivity index is 1.38. The summed E-state index contributed by atoms with van der Waals surface area (Å²) >= 11 is 4.54. The second-order valence-electron chi connectivity index (χ2n) is 5.78. The molecule has 0 radical (unpaired) electrons. The molecule has 0 saturated carbocycles. The predicted molar refractivity (Wildman–Crippen MR) is 95.5 cm³/mol. The number of furan rings is 1. The lowest BCUT2D eigenvalue weighted by atomic mass is 10.1. The Morgan fingerprint density at radius 2 is 2.12 bits per heavy atom. The minimum atomic E-state index is -0.339. The van der Waals surface area contributed by atoms with Gasteiger partial charge in [-0.15, -0.1) is 0 Å². The van der Waals surface area contributed by atoms with Crippen LogP contribution in [0.2, 0.25) is 0 Å². The average Bonchev–Trinajstić information content (AvgIpc) is 3.22. The first-order valence-electron chi connectivity index (χ1n) is 7.86. The Hall–Kier alpha value is -1.93. The summed E-state index contributed by atoms with van der Waals surface area (Å²) in [6.45, 7) is 1.17. The van der Waals surface area contributed by atoms with Crippen molar-refractivity contribution in [1.82, 2.24) is 9.88 Å². The Labute approximate surface area is 155 Å². The van der Waals surface area contributed by atoms with Crippen LogP contribution in [-0.4, -0.2) is 35.0 Å². The minimum absolute atomic E-state index is 0.0315. The number of carbonyl (C=O) groups excluding carboxylic acids is 1. The van der Waals surface area contributed by atoms with Crippen molar-refractivity contribution in [3.63, 3.8) is 0 Å². The Morgan fingerprint density at radius 3 is 2.80 bits per heavy atom. The van der Waals surface area contributed by atoms with Gasteiger partial charge in [0.25, 0.3) is 11.1 Å². The summed E-state index contributed by atoms with van der Waals surface area (Å²) in [7, 11) is 0. The van der Waals surface area contributed by atoms with Gasteiger partial charge in [0.2, 0.25) is 0 Å². The highest BCUT2D eigenvalue weighted by Gasteiger charge is 2.27. The van der Waals surface area contributed by atoms with E-state index in [1.54, 1.807) is 23.1 Å². The van der Waals surface area contributed by atoms with Gasteiger partial charge in [-0.2, -0.15) is 4.98 Å². The molecule has 4 rings (SSSR count). The zero-order valence-corrected chi connectivity index (χ0v) is 15.5. The van der Waals surface area contributed by atoms with E-state index in [1.807, 2.05) is 6.07 Å². The first-order chi connectivity index (χ1) is 12.1. The predicted octanol–water partition coefficient (Wildman–Crippen LogP) is 4.47. The smallest absolute Gasteiger partial charge is 0.289 e. The van der Waals surface area contributed by atoms with Crippen LogP contribution in [0.15, 0.2) is 39.4 Å². The van der Waals surface area contributed by atoms with Crippen LogP contribution in [0.25, 0.3) is 10.2 Å². The van der Waals surface area contributed by atoms with E-state index >= 15 is 0 Å². The number of aromatic nitrogens is 1. The van der Waals surface area contributed by atoms with E-state index in [2.05, 4.69) is 20.9 Å². The molecule has 0 spiro atoms. The van der Waals surface area contributed by atoms with Gasteiger partial charge in [0.1, 0.15) is 17.4 Å². The van der Waals surface area contributed by atoms with Gasteiger partial charge in [-0.05, 0) is 40.2 Å². The third-order valence-electron chi connectivity index (χ3n) is 4.13. The maximum Gasteiger partial charge on any atom is 0.289 e. The van der Waals surface area contributed by atoms with Crippen molar-refractivity contribution in [1.29, 1.82) is 0 Å². The van der Waals surface area contributed by atoms with Crippen molar-refractivity contribution >= 4 is 43.4 Å². The fourth-order valence-corrected chi connectivity index (χ4v) is 4.05. The van der Waals surface area contributed by atoms with Gasteiger partial charge in [-0.3, -0.25) is 4.79 Å². The topological polar surface area (TPSA) is 55.6 Å². The first-order valence-corrected chi connectivity index (χ1v) is 9.47. The van der Waals surface area contributed by atoms with Crippen LogP contribution in [0, 0.1) is 5.82 Å². The van der Waals surface area contributed by atoms with E-state index in [-0.39, 0.29) is 17.8 Å². The molecule has 1 amide bonds. The number of para-hydroxylation sites is 1. The monoisotopic (exact) mass is 424 g/mol. The maximum absolute atomic E-state index is 13.7. The van der Waals surface area contributed by atoms with E-state index in [0.717, 1.165) is 4.70 Å². The summed E-state index contributed by atoms with van der Waals surface area (Å²) in [6, 6.07) is 8.24. The second kappa shape index (κ2) is 6.76. The third kappa shape index (κ3) is 3.41. The lowest BCUT2D eigenvalue weighted by Gasteiger charge is -2.31. The Morgan fingerprint density at radius 1 is 1.32 bits per heavy atom. The van der Waals surface area contributed by atoms with Gasteiger partial charge in [-0.25, -0.2) is 4.39 Å². The maximum atomic E-state index is 13.7. The van der Waals surface area contributed by atoms with Crippen LogP contribution in [0.5, 0.6) is 5.19 Å². The number of carbonyl (C=O) groups is 1. The largest absolute Gasteiger partial charge is 0.467 e. The molecule has 8 heteroatoms. The number of benzene rings is 1. The van der Waals surface area contributed by atoms with Gasteiger partial charge in [-0.1, -0.05) is 17.4 Å². The Kier molecular flexibility index (Phi) is 4.47. The van der Waals surface area contributed by atoms with E-state index in [1.165, 1.54) is 17.4 Å². The van der Waals surface area contributed by atoms with Crippen LogP contribution in [0.1, 0.15) is 23.4 Å². The SMILES string of the molecule is O=C(c1ccc(Br)o1)N1CCC(Oc2nc3c(F)cccc3s2)CC1. The van der Waals surface area contributed by atoms with Crippen LogP contribution in [0.4, 0.5) is 4.39 Å². The molecule has 2 aromatic heterocycles. The number of piperidine rings is 1. The average molecular weight is 425 g/mol. The zero-order chi connectivity index (χ0) is 17.4. The molecule has 5 nitrogen and oxygen atoms in total. The third-order valence-corrected chi connectivity index (χ3v) is 5.47. The summed E-state index contributed by atoms with van der Waals surface area (Å²) in [4.78, 5) is 18.3. The van der Waals surface area contributed by atoms with E-state index in [4.69, 9.17) is 9.15 Å². The van der Waals surface area contributed by atoms with Crippen molar-refractivity contribution in [3.8, 4) is 5.19 Å². The molecule has 0 unspecified atom stereocenters. The molecule has 3 aromatic rings. The van der Waals surface area contributed by atoms with E-state index in [9.17, 15) is 9.18 Å². The number of halogens is 2. The molecule has 0 N–H and O–H groups in total. The lowest BCUT2D eigenvalue weighted by molar-refractivity contribution is 0.0565. The van der Waals surface area contributed by atoms with E-state index < -0.39 is 0 Å². The highest BCUT2D eigenvalue weighted by atomic mass is 79.9. The molecule has 1 saturated heterocycles. The normalized spacial score (nSPS) is 15.7. The van der Waals surface area contributed by atoms with Crippen molar-refractivity contribution in [2.45, 2.75) is 18.9 Å². The number of amides is 1. The van der Waals surface area contributed by atoms with Crippen molar-refractivity contribution in [3.05, 3.63) is 46.6 Å².